The van der Waals surface area contributed by atoms with E-state index >= 15 is 0 Å². The van der Waals surface area contributed by atoms with Gasteiger partial charge in [-0.25, -0.2) is 0 Å². The van der Waals surface area contributed by atoms with Gasteiger partial charge in [0.05, 0.1) is 5.69 Å². The van der Waals surface area contributed by atoms with E-state index in [-0.39, 0.29) is 11.0 Å². The third-order valence-corrected chi connectivity index (χ3v) is 2.12. The van der Waals surface area contributed by atoms with Crippen LogP contribution in [0.3, 0.4) is 0 Å². The molecule has 2 nitrogen and oxygen atoms in total. The molecule has 1 aromatic carbocycles. The lowest BCUT2D eigenvalue weighted by molar-refractivity contribution is 0.195. The van der Waals surface area contributed by atoms with Gasteiger partial charge in [0.15, 0.2) is 0 Å². The van der Waals surface area contributed by atoms with Gasteiger partial charge in [0.2, 0.25) is 0 Å². The first-order valence-electron chi connectivity index (χ1n) is 4.44. The van der Waals surface area contributed by atoms with Crippen LogP contribution < -0.4 is 5.43 Å². The highest BCUT2D eigenvalue weighted by Gasteiger charge is 2.17. The van der Waals surface area contributed by atoms with Crippen LogP contribution in [-0.4, -0.2) is 16.0 Å². The highest BCUT2D eigenvalue weighted by Crippen LogP contribution is 2.15. The van der Waals surface area contributed by atoms with E-state index in [1.165, 1.54) is 0 Å². The smallest absolute Gasteiger partial charge is 0.104 e. The molecule has 77 valence electrons. The Morgan fingerprint density at radius 2 is 1.57 bits per heavy atom. The summed E-state index contributed by atoms with van der Waals surface area (Å²) in [6, 6.07) is 9.61. The fraction of sp³-hybridized carbons (Fsp3) is 0.400. The van der Waals surface area contributed by atoms with Crippen LogP contribution in [0.2, 0.25) is 0 Å². The van der Waals surface area contributed by atoms with Crippen molar-refractivity contribution >= 4 is 28.9 Å². The van der Waals surface area contributed by atoms with Gasteiger partial charge in [-0.15, -0.1) is 23.2 Å². The van der Waals surface area contributed by atoms with Crippen molar-refractivity contribution in [2.45, 2.75) is 24.8 Å². The first-order chi connectivity index (χ1) is 6.61. The van der Waals surface area contributed by atoms with Crippen LogP contribution in [0.25, 0.3) is 0 Å². The van der Waals surface area contributed by atoms with Crippen LogP contribution in [-0.2, 0) is 0 Å². The largest absolute Gasteiger partial charge is 0.197 e. The summed E-state index contributed by atoms with van der Waals surface area (Å²) in [7, 11) is 0. The Kier molecular flexibility index (Phi) is 4.52. The lowest BCUT2D eigenvalue weighted by Gasteiger charge is -2.25. The van der Waals surface area contributed by atoms with Gasteiger partial charge in [0, 0.05) is 0 Å². The Bertz CT molecular complexity index is 254. The summed E-state index contributed by atoms with van der Waals surface area (Å²) in [4.78, 5) is 0. The Morgan fingerprint density at radius 3 is 2.00 bits per heavy atom. The van der Waals surface area contributed by atoms with Crippen LogP contribution in [0, 0.1) is 0 Å². The van der Waals surface area contributed by atoms with Gasteiger partial charge in [-0.2, -0.15) is 10.4 Å². The van der Waals surface area contributed by atoms with Crippen LogP contribution in [0.1, 0.15) is 13.8 Å². The van der Waals surface area contributed by atoms with Gasteiger partial charge >= 0.3 is 0 Å². The Hall–Kier alpha value is -0.440. The highest BCUT2D eigenvalue weighted by molar-refractivity contribution is 6.22. The Balaban J connectivity index is 2.65. The van der Waals surface area contributed by atoms with Crippen molar-refractivity contribution in [3.05, 3.63) is 30.3 Å². The van der Waals surface area contributed by atoms with Crippen molar-refractivity contribution in [1.29, 1.82) is 0 Å². The molecule has 2 unspecified atom stereocenters. The van der Waals surface area contributed by atoms with Crippen molar-refractivity contribution in [2.24, 2.45) is 0 Å². The average molecular weight is 232 g/mol. The highest BCUT2D eigenvalue weighted by atomic mass is 35.5. The second-order valence-electron chi connectivity index (χ2n) is 2.96. The molecule has 0 bridgehead atoms. The quantitative estimate of drug-likeness (QED) is 0.442. The summed E-state index contributed by atoms with van der Waals surface area (Å²) in [6.07, 6.45) is 0. The molecule has 0 saturated carbocycles. The zero-order valence-electron chi connectivity index (χ0n) is 8.19. The number of rotatable bonds is 4. The standard InChI is InChI=1S/C10H13Cl2N2/c1-8(11)14(9(2)12)13-10-6-4-3-5-7-10/h3-9H,1-2H3. The molecule has 1 aromatic rings. The van der Waals surface area contributed by atoms with Crippen molar-refractivity contribution in [1.82, 2.24) is 10.4 Å². The molecule has 0 spiro atoms. The second kappa shape index (κ2) is 5.44. The lowest BCUT2D eigenvalue weighted by Crippen LogP contribution is -2.38. The fourth-order valence-electron chi connectivity index (χ4n) is 1.07. The van der Waals surface area contributed by atoms with Crippen molar-refractivity contribution in [3.8, 4) is 0 Å². The average Bonchev–Trinajstić information content (AvgIpc) is 2.15. The monoisotopic (exact) mass is 231 g/mol. The third kappa shape index (κ3) is 3.37. The van der Waals surface area contributed by atoms with E-state index in [0.717, 1.165) is 5.69 Å². The molecule has 0 aliphatic carbocycles. The van der Waals surface area contributed by atoms with Gasteiger partial charge in [-0.05, 0) is 26.0 Å². The van der Waals surface area contributed by atoms with E-state index in [2.05, 4.69) is 5.43 Å². The summed E-state index contributed by atoms with van der Waals surface area (Å²) in [5, 5.41) is 1.65. The maximum absolute atomic E-state index is 5.94. The minimum atomic E-state index is -0.220. The molecule has 0 heterocycles. The van der Waals surface area contributed by atoms with Crippen LogP contribution in [0.4, 0.5) is 5.69 Å². The molecular formula is C10H13Cl2N2. The topological polar surface area (TPSA) is 17.3 Å². The molecule has 0 aliphatic heterocycles. The van der Waals surface area contributed by atoms with Crippen LogP contribution in [0.5, 0.6) is 0 Å². The molecule has 0 N–H and O–H groups in total. The SMILES string of the molecule is CC(Cl)N([N]c1ccccc1)C(C)Cl. The van der Waals surface area contributed by atoms with Crippen molar-refractivity contribution in [3.63, 3.8) is 0 Å². The van der Waals surface area contributed by atoms with E-state index in [1.807, 2.05) is 44.2 Å². The van der Waals surface area contributed by atoms with Gasteiger partial charge < -0.3 is 0 Å². The first kappa shape index (κ1) is 11.6. The number of hydrogen-bond donors (Lipinski definition) is 0. The molecule has 4 heteroatoms. The van der Waals surface area contributed by atoms with Gasteiger partial charge in [-0.1, -0.05) is 18.2 Å². The van der Waals surface area contributed by atoms with E-state index in [1.54, 1.807) is 5.01 Å². The van der Waals surface area contributed by atoms with Crippen molar-refractivity contribution in [2.75, 3.05) is 0 Å². The first-order valence-corrected chi connectivity index (χ1v) is 5.31. The molecule has 0 aromatic heterocycles. The fourth-order valence-corrected chi connectivity index (χ4v) is 1.55. The molecule has 14 heavy (non-hydrogen) atoms. The number of hydrogen-bond acceptors (Lipinski definition) is 1. The normalized spacial score (nSPS) is 15.2. The number of alkyl halides is 2. The second-order valence-corrected chi connectivity index (χ2v) is 4.23. The summed E-state index contributed by atoms with van der Waals surface area (Å²) in [6.45, 7) is 3.68. The van der Waals surface area contributed by atoms with E-state index in [9.17, 15) is 0 Å². The number of nitrogens with zero attached hydrogens (tertiary/aromatic N) is 2. The molecule has 0 saturated heterocycles. The summed E-state index contributed by atoms with van der Waals surface area (Å²) in [5.41, 5.74) is 4.74. The van der Waals surface area contributed by atoms with E-state index in [0.29, 0.717) is 0 Å². The Labute approximate surface area is 94.8 Å². The molecule has 0 fully saturated rings. The predicted octanol–water partition coefficient (Wildman–Crippen LogP) is 3.31. The predicted molar refractivity (Wildman–Crippen MR) is 60.7 cm³/mol. The van der Waals surface area contributed by atoms with Crippen LogP contribution in [0.15, 0.2) is 30.3 Å². The minimum Gasteiger partial charge on any atom is -0.197 e. The lowest BCUT2D eigenvalue weighted by atomic mass is 10.3. The van der Waals surface area contributed by atoms with Gasteiger partial charge in [-0.3, -0.25) is 0 Å². The summed E-state index contributed by atoms with van der Waals surface area (Å²) >= 11 is 11.9. The molecule has 1 radical (unpaired) electrons. The van der Waals surface area contributed by atoms with Gasteiger partial charge in [0.25, 0.3) is 0 Å². The molecule has 1 rings (SSSR count). The summed E-state index contributed by atoms with van der Waals surface area (Å²) < 4.78 is 0. The van der Waals surface area contributed by atoms with E-state index < -0.39 is 0 Å². The van der Waals surface area contributed by atoms with Gasteiger partial charge in [0.1, 0.15) is 11.0 Å². The molecular weight excluding hydrogens is 219 g/mol. The van der Waals surface area contributed by atoms with Crippen LogP contribution >= 0.6 is 23.2 Å². The Morgan fingerprint density at radius 1 is 1.07 bits per heavy atom. The summed E-state index contributed by atoms with van der Waals surface area (Å²) in [5.74, 6) is 0. The molecule has 0 aliphatic rings. The zero-order chi connectivity index (χ0) is 10.6. The number of benzene rings is 1. The molecule has 0 amide bonds. The third-order valence-electron chi connectivity index (χ3n) is 1.72. The number of halogens is 2. The van der Waals surface area contributed by atoms with E-state index in [4.69, 9.17) is 23.2 Å². The zero-order valence-corrected chi connectivity index (χ0v) is 9.70. The maximum atomic E-state index is 5.94. The maximum Gasteiger partial charge on any atom is 0.104 e. The minimum absolute atomic E-state index is 0.220. The van der Waals surface area contributed by atoms with Crippen molar-refractivity contribution < 1.29 is 0 Å². The molecule has 2 atom stereocenters.